The van der Waals surface area contributed by atoms with Gasteiger partial charge in [-0.05, 0) is 44.0 Å². The maximum absolute atomic E-state index is 5.88. The summed E-state index contributed by atoms with van der Waals surface area (Å²) in [4.78, 5) is 2.39. The van der Waals surface area contributed by atoms with Crippen LogP contribution in [0, 0.1) is 0 Å². The van der Waals surface area contributed by atoms with Crippen LogP contribution in [0.5, 0.6) is 0 Å². The molecule has 4 heteroatoms. The second-order valence-corrected chi connectivity index (χ2v) is 5.20. The molecule has 0 aliphatic heterocycles. The summed E-state index contributed by atoms with van der Waals surface area (Å²) in [6.45, 7) is 1.71. The lowest BCUT2D eigenvalue weighted by Gasteiger charge is -2.48. The first-order valence-corrected chi connectivity index (χ1v) is 6.20. The molecule has 96 valence electrons. The van der Waals surface area contributed by atoms with Gasteiger partial charge >= 0.3 is 0 Å². The van der Waals surface area contributed by atoms with Crippen LogP contribution in [0.4, 0.5) is 0 Å². The molecule has 0 aromatic heterocycles. The number of hydrogen-bond donors (Lipinski definition) is 1. The van der Waals surface area contributed by atoms with Crippen LogP contribution in [0.2, 0.25) is 5.02 Å². The standard InChI is InChI=1S/C13H19ClN2.ClH/c1-16(13(10-15)7-2-8-13)9-11-3-5-12(14)6-4-11;/h3-6H,2,7-10,15H2,1H3;1H. The molecular formula is C13H20Cl2N2. The summed E-state index contributed by atoms with van der Waals surface area (Å²) in [7, 11) is 2.17. The van der Waals surface area contributed by atoms with Gasteiger partial charge in [-0.2, -0.15) is 0 Å². The number of benzene rings is 1. The highest BCUT2D eigenvalue weighted by atomic mass is 35.5. The topological polar surface area (TPSA) is 29.3 Å². The largest absolute Gasteiger partial charge is 0.329 e. The molecule has 1 aromatic rings. The van der Waals surface area contributed by atoms with E-state index >= 15 is 0 Å². The Labute approximate surface area is 115 Å². The molecule has 0 radical (unpaired) electrons. The van der Waals surface area contributed by atoms with Gasteiger partial charge in [-0.15, -0.1) is 12.4 Å². The zero-order valence-corrected chi connectivity index (χ0v) is 11.7. The van der Waals surface area contributed by atoms with E-state index in [9.17, 15) is 0 Å². The predicted octanol–water partition coefficient (Wildman–Crippen LogP) is 3.08. The van der Waals surface area contributed by atoms with Crippen LogP contribution in [0.3, 0.4) is 0 Å². The SMILES string of the molecule is CN(Cc1ccc(Cl)cc1)C1(CN)CCC1.Cl. The Morgan fingerprint density at radius 1 is 1.29 bits per heavy atom. The molecule has 0 amide bonds. The van der Waals surface area contributed by atoms with Crippen molar-refractivity contribution < 1.29 is 0 Å². The first-order valence-electron chi connectivity index (χ1n) is 5.82. The zero-order valence-electron chi connectivity index (χ0n) is 10.2. The van der Waals surface area contributed by atoms with Gasteiger partial charge in [-0.3, -0.25) is 4.90 Å². The van der Waals surface area contributed by atoms with Crippen LogP contribution in [0.15, 0.2) is 24.3 Å². The molecule has 2 nitrogen and oxygen atoms in total. The Kier molecular flexibility index (Phi) is 5.26. The molecule has 0 bridgehead atoms. The quantitative estimate of drug-likeness (QED) is 0.915. The maximum Gasteiger partial charge on any atom is 0.0406 e. The fourth-order valence-electron chi connectivity index (χ4n) is 2.36. The molecular weight excluding hydrogens is 255 g/mol. The van der Waals surface area contributed by atoms with E-state index in [0.717, 1.165) is 18.1 Å². The van der Waals surface area contributed by atoms with Gasteiger partial charge in [0, 0.05) is 23.7 Å². The third kappa shape index (κ3) is 3.14. The first-order chi connectivity index (χ1) is 7.66. The molecule has 0 atom stereocenters. The van der Waals surface area contributed by atoms with Crippen LogP contribution < -0.4 is 5.73 Å². The van der Waals surface area contributed by atoms with Crippen LogP contribution in [0.1, 0.15) is 24.8 Å². The third-order valence-electron chi connectivity index (χ3n) is 3.81. The van der Waals surface area contributed by atoms with Crippen molar-refractivity contribution in [3.63, 3.8) is 0 Å². The Bertz CT molecular complexity index is 341. The smallest absolute Gasteiger partial charge is 0.0406 e. The van der Waals surface area contributed by atoms with E-state index in [0.29, 0.717) is 0 Å². The van der Waals surface area contributed by atoms with E-state index in [-0.39, 0.29) is 17.9 Å². The van der Waals surface area contributed by atoms with Crippen LogP contribution in [0.25, 0.3) is 0 Å². The minimum Gasteiger partial charge on any atom is -0.329 e. The molecule has 0 heterocycles. The van der Waals surface area contributed by atoms with Crippen molar-refractivity contribution in [2.24, 2.45) is 5.73 Å². The number of likely N-dealkylation sites (N-methyl/N-ethyl adjacent to an activating group) is 1. The average molecular weight is 275 g/mol. The van der Waals surface area contributed by atoms with Gasteiger partial charge in [0.05, 0.1) is 0 Å². The first kappa shape index (κ1) is 14.8. The van der Waals surface area contributed by atoms with E-state index in [1.54, 1.807) is 0 Å². The number of hydrogen-bond acceptors (Lipinski definition) is 2. The van der Waals surface area contributed by atoms with Gasteiger partial charge in [0.15, 0.2) is 0 Å². The summed E-state index contributed by atoms with van der Waals surface area (Å²) in [6, 6.07) is 8.06. The van der Waals surface area contributed by atoms with Gasteiger partial charge in [-0.1, -0.05) is 23.7 Å². The van der Waals surface area contributed by atoms with Crippen molar-refractivity contribution in [3.8, 4) is 0 Å². The molecule has 2 rings (SSSR count). The monoisotopic (exact) mass is 274 g/mol. The third-order valence-corrected chi connectivity index (χ3v) is 4.06. The Hall–Kier alpha value is -0.280. The normalized spacial score (nSPS) is 17.4. The van der Waals surface area contributed by atoms with Crippen LogP contribution in [-0.4, -0.2) is 24.0 Å². The number of nitrogens with two attached hydrogens (primary N) is 1. The van der Waals surface area contributed by atoms with Crippen molar-refractivity contribution in [3.05, 3.63) is 34.9 Å². The zero-order chi connectivity index (χ0) is 11.6. The maximum atomic E-state index is 5.88. The lowest BCUT2D eigenvalue weighted by atomic mass is 9.75. The molecule has 0 unspecified atom stereocenters. The molecule has 2 N–H and O–H groups in total. The summed E-state index contributed by atoms with van der Waals surface area (Å²) >= 11 is 5.87. The van der Waals surface area contributed by atoms with E-state index in [2.05, 4.69) is 24.1 Å². The fourth-order valence-corrected chi connectivity index (χ4v) is 2.48. The summed E-state index contributed by atoms with van der Waals surface area (Å²) in [5.74, 6) is 0. The Morgan fingerprint density at radius 2 is 1.88 bits per heavy atom. The van der Waals surface area contributed by atoms with E-state index in [1.807, 2.05) is 12.1 Å². The summed E-state index contributed by atoms with van der Waals surface area (Å²) in [5, 5.41) is 0.795. The number of rotatable bonds is 4. The summed E-state index contributed by atoms with van der Waals surface area (Å²) in [5.41, 5.74) is 7.43. The van der Waals surface area contributed by atoms with E-state index in [4.69, 9.17) is 17.3 Å². The van der Waals surface area contributed by atoms with Gasteiger partial charge in [-0.25, -0.2) is 0 Å². The Morgan fingerprint density at radius 3 is 2.29 bits per heavy atom. The number of halogens is 2. The van der Waals surface area contributed by atoms with Crippen molar-refractivity contribution in [1.82, 2.24) is 4.90 Å². The molecule has 0 spiro atoms. The average Bonchev–Trinajstić information content (AvgIpc) is 2.21. The van der Waals surface area contributed by atoms with Crippen molar-refractivity contribution >= 4 is 24.0 Å². The lowest BCUT2D eigenvalue weighted by Crippen LogP contribution is -2.56. The van der Waals surface area contributed by atoms with Crippen LogP contribution in [-0.2, 0) is 6.54 Å². The summed E-state index contributed by atoms with van der Waals surface area (Å²) < 4.78 is 0. The van der Waals surface area contributed by atoms with E-state index in [1.165, 1.54) is 24.8 Å². The molecule has 0 saturated heterocycles. The van der Waals surface area contributed by atoms with Crippen molar-refractivity contribution in [2.45, 2.75) is 31.3 Å². The second-order valence-electron chi connectivity index (χ2n) is 4.76. The van der Waals surface area contributed by atoms with Gasteiger partial charge in [0.25, 0.3) is 0 Å². The van der Waals surface area contributed by atoms with Gasteiger partial charge in [0.1, 0.15) is 0 Å². The minimum absolute atomic E-state index is 0. The molecule has 1 aliphatic rings. The Balaban J connectivity index is 0.00000144. The fraction of sp³-hybridized carbons (Fsp3) is 0.538. The highest BCUT2D eigenvalue weighted by Crippen LogP contribution is 2.36. The minimum atomic E-state index is 0. The molecule has 1 aromatic carbocycles. The van der Waals surface area contributed by atoms with Crippen LogP contribution >= 0.6 is 24.0 Å². The molecule has 1 saturated carbocycles. The van der Waals surface area contributed by atoms with Gasteiger partial charge in [0.2, 0.25) is 0 Å². The van der Waals surface area contributed by atoms with Gasteiger partial charge < -0.3 is 5.73 Å². The lowest BCUT2D eigenvalue weighted by molar-refractivity contribution is 0.0398. The second kappa shape index (κ2) is 6.05. The molecule has 1 aliphatic carbocycles. The number of nitrogens with zero attached hydrogens (tertiary/aromatic N) is 1. The highest BCUT2D eigenvalue weighted by Gasteiger charge is 2.39. The molecule has 17 heavy (non-hydrogen) atoms. The predicted molar refractivity (Wildman–Crippen MR) is 75.8 cm³/mol. The van der Waals surface area contributed by atoms with Crippen molar-refractivity contribution in [1.29, 1.82) is 0 Å². The van der Waals surface area contributed by atoms with Crippen molar-refractivity contribution in [2.75, 3.05) is 13.6 Å². The molecule has 1 fully saturated rings. The summed E-state index contributed by atoms with van der Waals surface area (Å²) in [6.07, 6.45) is 3.77. The highest BCUT2D eigenvalue weighted by molar-refractivity contribution is 6.30. The van der Waals surface area contributed by atoms with E-state index < -0.39 is 0 Å².